The maximum atomic E-state index is 12.2. The van der Waals surface area contributed by atoms with Crippen LogP contribution in [0.25, 0.3) is 0 Å². The number of hydrogen-bond acceptors (Lipinski definition) is 3. The van der Waals surface area contributed by atoms with Gasteiger partial charge in [-0.2, -0.15) is 0 Å². The maximum absolute atomic E-state index is 12.2. The highest BCUT2D eigenvalue weighted by molar-refractivity contribution is 5.84. The Morgan fingerprint density at radius 2 is 2.05 bits per heavy atom. The molecule has 0 aliphatic carbocycles. The number of hydrogen-bond donors (Lipinski definition) is 0. The molecule has 0 aromatic carbocycles. The number of pyridine rings is 1. The summed E-state index contributed by atoms with van der Waals surface area (Å²) in [4.78, 5) is 31.5. The Labute approximate surface area is 126 Å². The monoisotopic (exact) mass is 289 g/mol. The van der Waals surface area contributed by atoms with Crippen molar-refractivity contribution in [3.8, 4) is 0 Å². The van der Waals surface area contributed by atoms with Crippen molar-refractivity contribution in [2.24, 2.45) is 0 Å². The predicted molar refractivity (Wildman–Crippen MR) is 80.6 cm³/mol. The van der Waals surface area contributed by atoms with E-state index >= 15 is 0 Å². The highest BCUT2D eigenvalue weighted by Gasteiger charge is 2.20. The van der Waals surface area contributed by atoms with Gasteiger partial charge in [0.1, 0.15) is 0 Å². The van der Waals surface area contributed by atoms with Gasteiger partial charge in [0.05, 0.1) is 6.54 Å². The fourth-order valence-electron chi connectivity index (χ4n) is 2.46. The number of carbonyl (C=O) groups is 2. The van der Waals surface area contributed by atoms with E-state index in [0.29, 0.717) is 19.5 Å². The lowest BCUT2D eigenvalue weighted by Crippen LogP contribution is -2.41. The summed E-state index contributed by atoms with van der Waals surface area (Å²) >= 11 is 0. The zero-order chi connectivity index (χ0) is 15.1. The molecule has 1 fully saturated rings. The van der Waals surface area contributed by atoms with Crippen LogP contribution in [0.15, 0.2) is 24.5 Å². The minimum absolute atomic E-state index is 0.0132. The van der Waals surface area contributed by atoms with Crippen LogP contribution in [0.1, 0.15) is 31.2 Å². The summed E-state index contributed by atoms with van der Waals surface area (Å²) in [7, 11) is 1.80. The van der Waals surface area contributed by atoms with Crippen LogP contribution in [0, 0.1) is 0 Å². The minimum Gasteiger partial charge on any atom is -0.344 e. The predicted octanol–water partition coefficient (Wildman–Crippen LogP) is 1.49. The van der Waals surface area contributed by atoms with Gasteiger partial charge < -0.3 is 9.80 Å². The number of likely N-dealkylation sites (tertiary alicyclic amines) is 1. The summed E-state index contributed by atoms with van der Waals surface area (Å²) < 4.78 is 0. The van der Waals surface area contributed by atoms with E-state index in [9.17, 15) is 9.59 Å². The summed E-state index contributed by atoms with van der Waals surface area (Å²) in [6.45, 7) is 1.58. The lowest BCUT2D eigenvalue weighted by Gasteiger charge is -2.24. The van der Waals surface area contributed by atoms with E-state index in [1.807, 2.05) is 12.1 Å². The van der Waals surface area contributed by atoms with E-state index in [-0.39, 0.29) is 18.4 Å². The molecule has 114 valence electrons. The van der Waals surface area contributed by atoms with Crippen LogP contribution in [0.4, 0.5) is 0 Å². The molecule has 1 saturated heterocycles. The van der Waals surface area contributed by atoms with E-state index in [0.717, 1.165) is 31.2 Å². The van der Waals surface area contributed by atoms with Crippen molar-refractivity contribution in [1.82, 2.24) is 14.8 Å². The van der Waals surface area contributed by atoms with E-state index in [1.54, 1.807) is 29.2 Å². The van der Waals surface area contributed by atoms with Crippen molar-refractivity contribution in [3.05, 3.63) is 30.1 Å². The SMILES string of the molecule is CN(CCc1ccncc1)C(=O)CN1CCCCCC1=O. The third-order valence-corrected chi connectivity index (χ3v) is 3.91. The molecule has 0 unspecified atom stereocenters. The maximum Gasteiger partial charge on any atom is 0.241 e. The summed E-state index contributed by atoms with van der Waals surface area (Å²) in [5, 5.41) is 0. The number of likely N-dealkylation sites (N-methyl/N-ethyl adjacent to an activating group) is 1. The zero-order valence-corrected chi connectivity index (χ0v) is 12.6. The summed E-state index contributed by atoms with van der Waals surface area (Å²) in [6, 6.07) is 3.91. The Balaban J connectivity index is 1.80. The summed E-state index contributed by atoms with van der Waals surface area (Å²) in [5.41, 5.74) is 1.16. The third-order valence-electron chi connectivity index (χ3n) is 3.91. The van der Waals surface area contributed by atoms with E-state index in [2.05, 4.69) is 4.98 Å². The summed E-state index contributed by atoms with van der Waals surface area (Å²) in [6.07, 6.45) is 7.92. The Bertz CT molecular complexity index is 476. The average molecular weight is 289 g/mol. The second-order valence-corrected chi connectivity index (χ2v) is 5.55. The first-order chi connectivity index (χ1) is 10.2. The first-order valence-electron chi connectivity index (χ1n) is 7.57. The molecular weight excluding hydrogens is 266 g/mol. The van der Waals surface area contributed by atoms with Gasteiger partial charge in [-0.15, -0.1) is 0 Å². The number of carbonyl (C=O) groups excluding carboxylic acids is 2. The van der Waals surface area contributed by atoms with E-state index in [4.69, 9.17) is 0 Å². The molecule has 1 aliphatic heterocycles. The van der Waals surface area contributed by atoms with Crippen molar-refractivity contribution in [2.45, 2.75) is 32.1 Å². The molecule has 0 radical (unpaired) electrons. The van der Waals surface area contributed by atoms with Crippen molar-refractivity contribution in [1.29, 1.82) is 0 Å². The molecule has 5 nitrogen and oxygen atoms in total. The van der Waals surface area contributed by atoms with Gasteiger partial charge in [-0.25, -0.2) is 0 Å². The largest absolute Gasteiger partial charge is 0.344 e. The number of nitrogens with zero attached hydrogens (tertiary/aromatic N) is 3. The van der Waals surface area contributed by atoms with Gasteiger partial charge in [0, 0.05) is 39.0 Å². The number of aromatic nitrogens is 1. The third kappa shape index (κ3) is 4.85. The lowest BCUT2D eigenvalue weighted by atomic mass is 10.2. The van der Waals surface area contributed by atoms with Crippen LogP contribution in [-0.2, 0) is 16.0 Å². The molecule has 2 amide bonds. The topological polar surface area (TPSA) is 53.5 Å². The Kier molecular flexibility index (Phi) is 5.72. The van der Waals surface area contributed by atoms with Crippen LogP contribution in [0.5, 0.6) is 0 Å². The van der Waals surface area contributed by atoms with Crippen LogP contribution < -0.4 is 0 Å². The molecule has 0 atom stereocenters. The molecule has 1 aromatic rings. The van der Waals surface area contributed by atoms with Gasteiger partial charge in [-0.3, -0.25) is 14.6 Å². The Hall–Kier alpha value is -1.91. The fraction of sp³-hybridized carbons (Fsp3) is 0.562. The van der Waals surface area contributed by atoms with Gasteiger partial charge >= 0.3 is 0 Å². The number of rotatable bonds is 5. The quantitative estimate of drug-likeness (QED) is 0.825. The molecule has 0 spiro atoms. The first-order valence-corrected chi connectivity index (χ1v) is 7.57. The molecule has 2 heterocycles. The van der Waals surface area contributed by atoms with Crippen molar-refractivity contribution < 1.29 is 9.59 Å². The molecule has 0 N–H and O–H groups in total. The smallest absolute Gasteiger partial charge is 0.241 e. The van der Waals surface area contributed by atoms with Crippen molar-refractivity contribution in [2.75, 3.05) is 26.7 Å². The van der Waals surface area contributed by atoms with Crippen LogP contribution in [0.3, 0.4) is 0 Å². The van der Waals surface area contributed by atoms with Gasteiger partial charge in [0.15, 0.2) is 0 Å². The highest BCUT2D eigenvalue weighted by atomic mass is 16.2. The molecular formula is C16H23N3O2. The Morgan fingerprint density at radius 3 is 2.81 bits per heavy atom. The minimum atomic E-state index is 0.0132. The second kappa shape index (κ2) is 7.76. The lowest BCUT2D eigenvalue weighted by molar-refractivity contribution is -0.139. The van der Waals surface area contributed by atoms with Crippen LogP contribution in [-0.4, -0.2) is 53.3 Å². The normalized spacial score (nSPS) is 15.7. The van der Waals surface area contributed by atoms with Gasteiger partial charge in [0.2, 0.25) is 11.8 Å². The van der Waals surface area contributed by atoms with E-state index in [1.165, 1.54) is 0 Å². The van der Waals surface area contributed by atoms with Gasteiger partial charge in [0.25, 0.3) is 0 Å². The highest BCUT2D eigenvalue weighted by Crippen LogP contribution is 2.11. The average Bonchev–Trinajstić information content (AvgIpc) is 2.71. The molecule has 0 saturated carbocycles. The van der Waals surface area contributed by atoms with E-state index < -0.39 is 0 Å². The summed E-state index contributed by atoms with van der Waals surface area (Å²) in [5.74, 6) is 0.127. The van der Waals surface area contributed by atoms with Crippen LogP contribution in [0.2, 0.25) is 0 Å². The standard InChI is InChI=1S/C16H23N3O2/c1-18(12-8-14-6-9-17-10-7-14)16(21)13-19-11-4-2-3-5-15(19)20/h6-7,9-10H,2-5,8,11-13H2,1H3. The molecule has 1 aliphatic rings. The molecule has 21 heavy (non-hydrogen) atoms. The molecule has 0 bridgehead atoms. The van der Waals surface area contributed by atoms with Gasteiger partial charge in [-0.1, -0.05) is 6.42 Å². The number of amides is 2. The molecule has 1 aromatic heterocycles. The van der Waals surface area contributed by atoms with Crippen molar-refractivity contribution >= 4 is 11.8 Å². The Morgan fingerprint density at radius 1 is 1.29 bits per heavy atom. The zero-order valence-electron chi connectivity index (χ0n) is 12.6. The molecule has 5 heteroatoms. The molecule has 2 rings (SSSR count). The van der Waals surface area contributed by atoms with Gasteiger partial charge in [-0.05, 0) is 37.0 Å². The van der Waals surface area contributed by atoms with Crippen molar-refractivity contribution in [3.63, 3.8) is 0 Å². The van der Waals surface area contributed by atoms with Crippen LogP contribution >= 0.6 is 0 Å². The fourth-order valence-corrected chi connectivity index (χ4v) is 2.46. The first kappa shape index (κ1) is 15.5. The second-order valence-electron chi connectivity index (χ2n) is 5.55.